The van der Waals surface area contributed by atoms with Crippen LogP contribution in [0.15, 0.2) is 30.7 Å². The minimum absolute atomic E-state index is 0.322. The molecule has 0 atom stereocenters. The summed E-state index contributed by atoms with van der Waals surface area (Å²) < 4.78 is 13.1. The van der Waals surface area contributed by atoms with Crippen LogP contribution in [0.3, 0.4) is 0 Å². The Morgan fingerprint density at radius 1 is 1.31 bits per heavy atom. The van der Waals surface area contributed by atoms with Gasteiger partial charge in [-0.2, -0.15) is 0 Å². The lowest BCUT2D eigenvalue weighted by molar-refractivity contribution is 0.626. The fourth-order valence-electron chi connectivity index (χ4n) is 1.53. The summed E-state index contributed by atoms with van der Waals surface area (Å²) in [5.41, 5.74) is 2.70. The van der Waals surface area contributed by atoms with Crippen molar-refractivity contribution in [3.05, 3.63) is 58.4 Å². The maximum Gasteiger partial charge on any atom is 0.124 e. The molecule has 0 bridgehead atoms. The van der Waals surface area contributed by atoms with Crippen LogP contribution in [-0.4, -0.2) is 9.97 Å². The molecule has 0 aliphatic heterocycles. The average molecular weight is 237 g/mol. The van der Waals surface area contributed by atoms with E-state index in [1.165, 1.54) is 18.5 Å². The second-order valence-electron chi connectivity index (χ2n) is 3.59. The lowest BCUT2D eigenvalue weighted by atomic mass is 10.1. The number of aryl methyl sites for hydroxylation is 1. The highest BCUT2D eigenvalue weighted by Gasteiger charge is 2.04. The molecule has 82 valence electrons. The molecule has 0 radical (unpaired) electrons. The van der Waals surface area contributed by atoms with Gasteiger partial charge in [-0.15, -0.1) is 0 Å². The van der Waals surface area contributed by atoms with Gasteiger partial charge in [0.15, 0.2) is 0 Å². The Balaban J connectivity index is 2.30. The predicted octanol–water partition coefficient (Wildman–Crippen LogP) is 3.17. The third-order valence-electron chi connectivity index (χ3n) is 2.33. The van der Waals surface area contributed by atoms with E-state index < -0.39 is 0 Å². The van der Waals surface area contributed by atoms with E-state index in [0.717, 1.165) is 16.8 Å². The van der Waals surface area contributed by atoms with Gasteiger partial charge in [0, 0.05) is 23.3 Å². The first-order chi connectivity index (χ1) is 7.65. The molecule has 1 aromatic heterocycles. The summed E-state index contributed by atoms with van der Waals surface area (Å²) in [6.45, 7) is 1.90. The fraction of sp³-hybridized carbons (Fsp3) is 0.167. The maximum atomic E-state index is 13.1. The molecule has 0 fully saturated rings. The van der Waals surface area contributed by atoms with Crippen molar-refractivity contribution in [1.82, 2.24) is 9.97 Å². The summed E-state index contributed by atoms with van der Waals surface area (Å²) >= 11 is 5.78. The van der Waals surface area contributed by atoms with Crippen molar-refractivity contribution in [3.63, 3.8) is 0 Å². The van der Waals surface area contributed by atoms with Crippen LogP contribution in [0.2, 0.25) is 5.02 Å². The van der Waals surface area contributed by atoms with Crippen molar-refractivity contribution in [2.24, 2.45) is 0 Å². The van der Waals surface area contributed by atoms with Crippen LogP contribution in [0, 0.1) is 12.7 Å². The average Bonchev–Trinajstić information content (AvgIpc) is 2.20. The molecule has 4 heteroatoms. The Morgan fingerprint density at radius 2 is 2.12 bits per heavy atom. The van der Waals surface area contributed by atoms with E-state index in [0.29, 0.717) is 11.4 Å². The van der Waals surface area contributed by atoms with Crippen molar-refractivity contribution in [2.75, 3.05) is 0 Å². The zero-order valence-corrected chi connectivity index (χ0v) is 9.50. The molecule has 0 amide bonds. The van der Waals surface area contributed by atoms with Crippen molar-refractivity contribution in [3.8, 4) is 0 Å². The number of rotatable bonds is 2. The first-order valence-corrected chi connectivity index (χ1v) is 5.23. The van der Waals surface area contributed by atoms with Crippen LogP contribution >= 0.6 is 11.6 Å². The monoisotopic (exact) mass is 236 g/mol. The van der Waals surface area contributed by atoms with E-state index in [1.807, 2.05) is 6.92 Å². The predicted molar refractivity (Wildman–Crippen MR) is 61.0 cm³/mol. The van der Waals surface area contributed by atoms with Gasteiger partial charge in [-0.25, -0.2) is 14.4 Å². The van der Waals surface area contributed by atoms with E-state index in [-0.39, 0.29) is 5.82 Å². The molecule has 2 rings (SSSR count). The topological polar surface area (TPSA) is 25.8 Å². The van der Waals surface area contributed by atoms with Crippen LogP contribution < -0.4 is 0 Å². The summed E-state index contributed by atoms with van der Waals surface area (Å²) in [6.07, 6.45) is 3.82. The smallest absolute Gasteiger partial charge is 0.124 e. The molecule has 0 aliphatic carbocycles. The normalized spacial score (nSPS) is 10.4. The molecule has 16 heavy (non-hydrogen) atoms. The minimum atomic E-state index is -0.322. The van der Waals surface area contributed by atoms with Crippen LogP contribution in [0.25, 0.3) is 0 Å². The van der Waals surface area contributed by atoms with Gasteiger partial charge in [0.25, 0.3) is 0 Å². The van der Waals surface area contributed by atoms with E-state index >= 15 is 0 Å². The molecule has 0 saturated carbocycles. The van der Waals surface area contributed by atoms with Gasteiger partial charge in [0.05, 0.1) is 0 Å². The third-order valence-corrected chi connectivity index (χ3v) is 2.55. The zero-order valence-electron chi connectivity index (χ0n) is 8.74. The number of nitrogens with zero attached hydrogens (tertiary/aromatic N) is 2. The highest BCUT2D eigenvalue weighted by molar-refractivity contribution is 6.30. The Kier molecular flexibility index (Phi) is 3.15. The van der Waals surface area contributed by atoms with E-state index in [1.54, 1.807) is 12.3 Å². The van der Waals surface area contributed by atoms with Crippen LogP contribution in [-0.2, 0) is 6.42 Å². The van der Waals surface area contributed by atoms with Crippen LogP contribution in [0.4, 0.5) is 4.39 Å². The summed E-state index contributed by atoms with van der Waals surface area (Å²) in [7, 11) is 0. The largest absolute Gasteiger partial charge is 0.245 e. The molecule has 1 aromatic carbocycles. The third kappa shape index (κ3) is 2.55. The van der Waals surface area contributed by atoms with Crippen molar-refractivity contribution in [1.29, 1.82) is 0 Å². The molecule has 0 spiro atoms. The first-order valence-electron chi connectivity index (χ1n) is 4.85. The molecule has 2 nitrogen and oxygen atoms in total. The molecule has 2 aromatic rings. The molecule has 0 saturated heterocycles. The number of benzene rings is 1. The number of halogens is 2. The molecular weight excluding hydrogens is 227 g/mol. The van der Waals surface area contributed by atoms with E-state index in [4.69, 9.17) is 11.6 Å². The number of hydrogen-bond donors (Lipinski definition) is 0. The van der Waals surface area contributed by atoms with E-state index in [2.05, 4.69) is 9.97 Å². The summed E-state index contributed by atoms with van der Waals surface area (Å²) in [6, 6.07) is 4.51. The maximum absolute atomic E-state index is 13.1. The summed E-state index contributed by atoms with van der Waals surface area (Å²) in [5.74, 6) is -0.322. The molecule has 0 unspecified atom stereocenters. The number of aromatic nitrogens is 2. The zero-order chi connectivity index (χ0) is 11.5. The molecule has 0 aliphatic rings. The summed E-state index contributed by atoms with van der Waals surface area (Å²) in [5, 5.41) is 0.407. The number of hydrogen-bond acceptors (Lipinski definition) is 2. The van der Waals surface area contributed by atoms with Gasteiger partial charge >= 0.3 is 0 Å². The lowest BCUT2D eigenvalue weighted by Crippen LogP contribution is -1.96. The van der Waals surface area contributed by atoms with Crippen molar-refractivity contribution >= 4 is 11.6 Å². The molecule has 1 heterocycles. The van der Waals surface area contributed by atoms with Gasteiger partial charge < -0.3 is 0 Å². The highest BCUT2D eigenvalue weighted by atomic mass is 35.5. The van der Waals surface area contributed by atoms with Gasteiger partial charge in [-0.1, -0.05) is 11.6 Å². The van der Waals surface area contributed by atoms with Crippen molar-refractivity contribution in [2.45, 2.75) is 13.3 Å². The first kappa shape index (κ1) is 11.0. The Bertz CT molecular complexity index is 494. The van der Waals surface area contributed by atoms with Gasteiger partial charge in [0.1, 0.15) is 12.1 Å². The molecular formula is C12H10ClFN2. The standard InChI is InChI=1S/C12H10ClFN2/c1-8-10(6-15-7-16-8)2-9-3-11(13)5-12(14)4-9/h3-7H,2H2,1H3. The SMILES string of the molecule is Cc1ncncc1Cc1cc(F)cc(Cl)c1. The Hall–Kier alpha value is -1.48. The fourth-order valence-corrected chi connectivity index (χ4v) is 1.77. The lowest BCUT2D eigenvalue weighted by Gasteiger charge is -2.04. The van der Waals surface area contributed by atoms with Gasteiger partial charge in [-0.3, -0.25) is 0 Å². The second-order valence-corrected chi connectivity index (χ2v) is 4.02. The van der Waals surface area contributed by atoms with Gasteiger partial charge in [-0.05, 0) is 36.2 Å². The van der Waals surface area contributed by atoms with Crippen LogP contribution in [0.1, 0.15) is 16.8 Å². The summed E-state index contributed by atoms with van der Waals surface area (Å²) in [4.78, 5) is 8.03. The Morgan fingerprint density at radius 3 is 2.81 bits per heavy atom. The molecule has 0 N–H and O–H groups in total. The Labute approximate surface area is 98.1 Å². The minimum Gasteiger partial charge on any atom is -0.245 e. The van der Waals surface area contributed by atoms with Gasteiger partial charge in [0.2, 0.25) is 0 Å². The quantitative estimate of drug-likeness (QED) is 0.801. The van der Waals surface area contributed by atoms with Crippen LogP contribution in [0.5, 0.6) is 0 Å². The highest BCUT2D eigenvalue weighted by Crippen LogP contribution is 2.17. The second kappa shape index (κ2) is 4.58. The van der Waals surface area contributed by atoms with Crippen molar-refractivity contribution < 1.29 is 4.39 Å². The van der Waals surface area contributed by atoms with E-state index in [9.17, 15) is 4.39 Å².